The second-order valence-corrected chi connectivity index (χ2v) is 6.01. The molecule has 2 N–H and O–H groups in total. The first-order valence-electron chi connectivity index (χ1n) is 6.77. The summed E-state index contributed by atoms with van der Waals surface area (Å²) in [6, 6.07) is 0.663. The maximum atomic E-state index is 11.9. The van der Waals surface area contributed by atoms with Gasteiger partial charge in [-0.3, -0.25) is 4.79 Å². The fourth-order valence-electron chi connectivity index (χ4n) is 2.40. The fourth-order valence-corrected chi connectivity index (χ4v) is 3.35. The molecule has 100 valence electrons. The molecule has 1 heterocycles. The molecule has 0 aliphatic carbocycles. The Morgan fingerprint density at radius 3 is 2.71 bits per heavy atom. The number of amides is 1. The minimum Gasteiger partial charge on any atom is -0.353 e. The number of carbonyl (C=O) groups excluding carboxylic acids is 1. The molecule has 17 heavy (non-hydrogen) atoms. The van der Waals surface area contributed by atoms with Crippen molar-refractivity contribution in [1.82, 2.24) is 10.6 Å². The molecule has 1 amide bonds. The molecular formula is C13H26N2OS. The molecule has 0 aromatic heterocycles. The van der Waals surface area contributed by atoms with Crippen molar-refractivity contribution >= 4 is 17.7 Å². The molecule has 0 saturated carbocycles. The van der Waals surface area contributed by atoms with Gasteiger partial charge >= 0.3 is 0 Å². The summed E-state index contributed by atoms with van der Waals surface area (Å²) in [7, 11) is 0. The summed E-state index contributed by atoms with van der Waals surface area (Å²) in [5.41, 5.74) is 0. The molecule has 1 aliphatic heterocycles. The molecule has 4 heteroatoms. The Morgan fingerprint density at radius 1 is 1.47 bits per heavy atom. The molecule has 2 unspecified atom stereocenters. The van der Waals surface area contributed by atoms with Gasteiger partial charge in [-0.2, -0.15) is 11.8 Å². The van der Waals surface area contributed by atoms with Crippen LogP contribution in [0.3, 0.4) is 0 Å². The summed E-state index contributed by atoms with van der Waals surface area (Å²) in [5.74, 6) is 3.03. The summed E-state index contributed by atoms with van der Waals surface area (Å²) >= 11 is 1.94. The first kappa shape index (κ1) is 14.8. The number of nitrogens with one attached hydrogen (secondary N) is 2. The van der Waals surface area contributed by atoms with Crippen molar-refractivity contribution in [3.05, 3.63) is 0 Å². The van der Waals surface area contributed by atoms with E-state index in [1.165, 1.54) is 5.75 Å². The lowest BCUT2D eigenvalue weighted by Crippen LogP contribution is -2.44. The fraction of sp³-hybridized carbons (Fsp3) is 0.923. The van der Waals surface area contributed by atoms with E-state index in [2.05, 4.69) is 31.4 Å². The summed E-state index contributed by atoms with van der Waals surface area (Å²) in [6.07, 6.45) is 2.89. The summed E-state index contributed by atoms with van der Waals surface area (Å²) in [6.45, 7) is 7.54. The van der Waals surface area contributed by atoms with Crippen LogP contribution in [0.5, 0.6) is 0 Å². The topological polar surface area (TPSA) is 41.1 Å². The maximum Gasteiger partial charge on any atom is 0.221 e. The lowest BCUT2D eigenvalue weighted by Gasteiger charge is -2.26. The van der Waals surface area contributed by atoms with Crippen molar-refractivity contribution in [1.29, 1.82) is 0 Å². The van der Waals surface area contributed by atoms with Crippen LogP contribution in [0.15, 0.2) is 0 Å². The van der Waals surface area contributed by atoms with Crippen LogP contribution in [-0.2, 0) is 4.79 Å². The van der Waals surface area contributed by atoms with Gasteiger partial charge in [-0.1, -0.05) is 26.7 Å². The van der Waals surface area contributed by atoms with Crippen molar-refractivity contribution in [3.8, 4) is 0 Å². The Balaban J connectivity index is 2.27. The van der Waals surface area contributed by atoms with Crippen LogP contribution in [0.25, 0.3) is 0 Å². The van der Waals surface area contributed by atoms with Crippen LogP contribution in [0.2, 0.25) is 0 Å². The second-order valence-electron chi connectivity index (χ2n) is 4.86. The summed E-state index contributed by atoms with van der Waals surface area (Å²) in [4.78, 5) is 11.9. The second kappa shape index (κ2) is 7.98. The van der Waals surface area contributed by atoms with Crippen LogP contribution >= 0.6 is 11.8 Å². The highest BCUT2D eigenvalue weighted by molar-refractivity contribution is 7.99. The lowest BCUT2D eigenvalue weighted by molar-refractivity contribution is -0.122. The number of thioether (sulfide) groups is 1. The smallest absolute Gasteiger partial charge is 0.221 e. The molecule has 1 saturated heterocycles. The van der Waals surface area contributed by atoms with Crippen LogP contribution < -0.4 is 10.6 Å². The van der Waals surface area contributed by atoms with E-state index in [9.17, 15) is 4.79 Å². The highest BCUT2D eigenvalue weighted by atomic mass is 32.2. The van der Waals surface area contributed by atoms with Crippen LogP contribution in [0, 0.1) is 5.92 Å². The number of hydrogen-bond donors (Lipinski definition) is 2. The van der Waals surface area contributed by atoms with Gasteiger partial charge in [-0.05, 0) is 12.8 Å². The van der Waals surface area contributed by atoms with Gasteiger partial charge in [0.25, 0.3) is 0 Å². The monoisotopic (exact) mass is 258 g/mol. The van der Waals surface area contributed by atoms with Gasteiger partial charge in [-0.25, -0.2) is 0 Å². The van der Waals surface area contributed by atoms with Gasteiger partial charge in [-0.15, -0.1) is 0 Å². The van der Waals surface area contributed by atoms with Crippen LogP contribution in [-0.4, -0.2) is 36.0 Å². The molecule has 1 fully saturated rings. The van der Waals surface area contributed by atoms with Crippen molar-refractivity contribution in [2.45, 2.75) is 52.1 Å². The number of carbonyl (C=O) groups is 1. The first-order chi connectivity index (χ1) is 8.17. The van der Waals surface area contributed by atoms with Gasteiger partial charge in [0.05, 0.1) is 0 Å². The molecule has 0 bridgehead atoms. The Morgan fingerprint density at radius 2 is 2.18 bits per heavy atom. The van der Waals surface area contributed by atoms with E-state index >= 15 is 0 Å². The SMILES string of the molecule is CCC(CC)C(C)NC(=O)CC1CSCCN1. The third-order valence-electron chi connectivity index (χ3n) is 3.57. The summed E-state index contributed by atoms with van der Waals surface area (Å²) in [5, 5.41) is 6.54. The van der Waals surface area contributed by atoms with E-state index in [-0.39, 0.29) is 5.91 Å². The molecule has 0 aromatic carbocycles. The lowest BCUT2D eigenvalue weighted by atomic mass is 9.95. The zero-order valence-corrected chi connectivity index (χ0v) is 12.1. The largest absolute Gasteiger partial charge is 0.353 e. The molecule has 1 aliphatic rings. The minimum atomic E-state index is 0.199. The van der Waals surface area contributed by atoms with E-state index in [1.807, 2.05) is 11.8 Å². The highest BCUT2D eigenvalue weighted by Gasteiger charge is 2.20. The average molecular weight is 258 g/mol. The molecule has 1 rings (SSSR count). The predicted molar refractivity (Wildman–Crippen MR) is 75.4 cm³/mol. The van der Waals surface area contributed by atoms with Gasteiger partial charge in [0, 0.05) is 36.6 Å². The van der Waals surface area contributed by atoms with Gasteiger partial charge < -0.3 is 10.6 Å². The van der Waals surface area contributed by atoms with Crippen LogP contribution in [0.4, 0.5) is 0 Å². The molecule has 0 spiro atoms. The Kier molecular flexibility index (Phi) is 6.97. The summed E-state index contributed by atoms with van der Waals surface area (Å²) < 4.78 is 0. The highest BCUT2D eigenvalue weighted by Crippen LogP contribution is 2.14. The standard InChI is InChI=1S/C13H26N2OS/c1-4-11(5-2)10(3)15-13(16)8-12-9-17-7-6-14-12/h10-12,14H,4-9H2,1-3H3,(H,15,16). The van der Waals surface area contributed by atoms with E-state index < -0.39 is 0 Å². The Hall–Kier alpha value is -0.220. The molecule has 0 radical (unpaired) electrons. The average Bonchev–Trinajstić information content (AvgIpc) is 2.31. The predicted octanol–water partition coefficient (Wildman–Crippen LogP) is 2.02. The van der Waals surface area contributed by atoms with E-state index in [0.29, 0.717) is 24.4 Å². The van der Waals surface area contributed by atoms with E-state index in [0.717, 1.165) is 25.1 Å². The van der Waals surface area contributed by atoms with E-state index in [1.54, 1.807) is 0 Å². The molecule has 2 atom stereocenters. The minimum absolute atomic E-state index is 0.199. The van der Waals surface area contributed by atoms with E-state index in [4.69, 9.17) is 0 Å². The first-order valence-corrected chi connectivity index (χ1v) is 7.93. The Bertz CT molecular complexity index is 225. The van der Waals surface area contributed by atoms with Crippen molar-refractivity contribution in [2.24, 2.45) is 5.92 Å². The maximum absolute atomic E-state index is 11.9. The van der Waals surface area contributed by atoms with Crippen LogP contribution in [0.1, 0.15) is 40.0 Å². The number of hydrogen-bond acceptors (Lipinski definition) is 3. The third kappa shape index (κ3) is 5.30. The van der Waals surface area contributed by atoms with Crippen molar-refractivity contribution in [2.75, 3.05) is 18.1 Å². The molecular weight excluding hydrogens is 232 g/mol. The van der Waals surface area contributed by atoms with Gasteiger partial charge in [0.2, 0.25) is 5.91 Å². The third-order valence-corrected chi connectivity index (χ3v) is 4.71. The zero-order chi connectivity index (χ0) is 12.7. The zero-order valence-electron chi connectivity index (χ0n) is 11.3. The van der Waals surface area contributed by atoms with Crippen molar-refractivity contribution in [3.63, 3.8) is 0 Å². The van der Waals surface area contributed by atoms with Crippen molar-refractivity contribution < 1.29 is 4.79 Å². The molecule has 0 aromatic rings. The number of rotatable bonds is 6. The van der Waals surface area contributed by atoms with Gasteiger partial charge in [0.1, 0.15) is 0 Å². The normalized spacial score (nSPS) is 22.5. The Labute approximate surface area is 109 Å². The quantitative estimate of drug-likeness (QED) is 0.766. The molecule has 3 nitrogen and oxygen atoms in total. The van der Waals surface area contributed by atoms with Gasteiger partial charge in [0.15, 0.2) is 0 Å².